The van der Waals surface area contributed by atoms with Crippen LogP contribution in [-0.2, 0) is 6.54 Å². The van der Waals surface area contributed by atoms with E-state index in [1.54, 1.807) is 0 Å². The summed E-state index contributed by atoms with van der Waals surface area (Å²) in [5, 5.41) is 1.35. The Kier molecular flexibility index (Phi) is 4.69. The Hall–Kier alpha value is -1.80. The number of benzene rings is 1. The van der Waals surface area contributed by atoms with Crippen molar-refractivity contribution < 1.29 is 0 Å². The number of aryl methyl sites for hydroxylation is 2. The molecule has 3 heteroatoms. The lowest BCUT2D eigenvalue weighted by molar-refractivity contribution is 0.278. The van der Waals surface area contributed by atoms with Crippen LogP contribution in [0.3, 0.4) is 0 Å². The molecular formula is C21H25ClN2. The van der Waals surface area contributed by atoms with Gasteiger partial charge in [0.25, 0.3) is 0 Å². The van der Waals surface area contributed by atoms with Gasteiger partial charge in [0.2, 0.25) is 0 Å². The first kappa shape index (κ1) is 17.0. The molecule has 2 aromatic heterocycles. The van der Waals surface area contributed by atoms with Crippen molar-refractivity contribution in [2.75, 3.05) is 0 Å². The second kappa shape index (κ2) is 6.60. The van der Waals surface area contributed by atoms with Crippen molar-refractivity contribution in [1.82, 2.24) is 9.55 Å². The second-order valence-corrected chi connectivity index (χ2v) is 7.04. The Bertz CT molecular complexity index is 858. The lowest BCUT2D eigenvalue weighted by Gasteiger charge is -2.27. The highest BCUT2D eigenvalue weighted by molar-refractivity contribution is 5.95. The average molecular weight is 341 g/mol. The van der Waals surface area contributed by atoms with Crippen molar-refractivity contribution in [2.45, 2.75) is 46.6 Å². The van der Waals surface area contributed by atoms with Crippen LogP contribution >= 0.6 is 12.4 Å². The predicted molar refractivity (Wildman–Crippen MR) is 104 cm³/mol. The molecule has 0 spiro atoms. The van der Waals surface area contributed by atoms with Gasteiger partial charge in [-0.25, -0.2) is 0 Å². The number of hydrogen-bond donors (Lipinski definition) is 0. The summed E-state index contributed by atoms with van der Waals surface area (Å²) < 4.78 is 2.52. The zero-order valence-electron chi connectivity index (χ0n) is 14.7. The summed E-state index contributed by atoms with van der Waals surface area (Å²) >= 11 is 0. The van der Waals surface area contributed by atoms with Gasteiger partial charge in [-0.2, -0.15) is 0 Å². The minimum absolute atomic E-state index is 0. The molecule has 0 radical (unpaired) electrons. The van der Waals surface area contributed by atoms with Crippen LogP contribution in [0.1, 0.15) is 36.1 Å². The molecule has 126 valence electrons. The van der Waals surface area contributed by atoms with E-state index in [1.807, 2.05) is 6.20 Å². The fourth-order valence-corrected chi connectivity index (χ4v) is 3.68. The van der Waals surface area contributed by atoms with E-state index in [4.69, 9.17) is 4.98 Å². The van der Waals surface area contributed by atoms with Crippen molar-refractivity contribution in [1.29, 1.82) is 0 Å². The molecule has 1 aliphatic carbocycles. The third kappa shape index (κ3) is 2.73. The van der Waals surface area contributed by atoms with E-state index in [0.717, 1.165) is 18.2 Å². The van der Waals surface area contributed by atoms with Gasteiger partial charge in [-0.15, -0.1) is 12.4 Å². The summed E-state index contributed by atoms with van der Waals surface area (Å²) in [7, 11) is 0. The van der Waals surface area contributed by atoms with Gasteiger partial charge in [0.15, 0.2) is 0 Å². The molecule has 0 amide bonds. The molecule has 0 saturated heterocycles. The van der Waals surface area contributed by atoms with Crippen LogP contribution < -0.4 is 0 Å². The van der Waals surface area contributed by atoms with Crippen LogP contribution in [0.15, 0.2) is 36.5 Å². The van der Waals surface area contributed by atoms with Gasteiger partial charge in [0.1, 0.15) is 0 Å². The molecule has 0 N–H and O–H groups in total. The SMILES string of the molecule is Cc1ccc(-c2nccc3c(C)c(C)n(CC4CCC4)c23)cc1.Cl. The Morgan fingerprint density at radius 2 is 1.75 bits per heavy atom. The maximum Gasteiger partial charge on any atom is 0.0944 e. The number of pyridine rings is 1. The van der Waals surface area contributed by atoms with E-state index < -0.39 is 0 Å². The number of hydrogen-bond acceptors (Lipinski definition) is 1. The highest BCUT2D eigenvalue weighted by Crippen LogP contribution is 2.35. The molecule has 1 aliphatic rings. The summed E-state index contributed by atoms with van der Waals surface area (Å²) in [6.45, 7) is 7.77. The summed E-state index contributed by atoms with van der Waals surface area (Å²) in [5.41, 5.74) is 7.74. The van der Waals surface area contributed by atoms with Crippen molar-refractivity contribution >= 4 is 23.3 Å². The van der Waals surface area contributed by atoms with Gasteiger partial charge < -0.3 is 4.57 Å². The number of rotatable bonds is 3. The summed E-state index contributed by atoms with van der Waals surface area (Å²) in [4.78, 5) is 4.75. The van der Waals surface area contributed by atoms with Crippen LogP contribution in [0, 0.1) is 26.7 Å². The number of nitrogens with zero attached hydrogens (tertiary/aromatic N) is 2. The molecule has 0 bridgehead atoms. The first-order valence-electron chi connectivity index (χ1n) is 8.66. The Morgan fingerprint density at radius 1 is 1.04 bits per heavy atom. The van der Waals surface area contributed by atoms with Gasteiger partial charge in [-0.1, -0.05) is 36.2 Å². The third-order valence-electron chi connectivity index (χ3n) is 5.54. The van der Waals surface area contributed by atoms with Gasteiger partial charge in [-0.05, 0) is 51.2 Å². The maximum atomic E-state index is 4.75. The highest BCUT2D eigenvalue weighted by atomic mass is 35.5. The van der Waals surface area contributed by atoms with Crippen molar-refractivity contribution in [3.05, 3.63) is 53.3 Å². The smallest absolute Gasteiger partial charge is 0.0944 e. The quantitative estimate of drug-likeness (QED) is 0.584. The Morgan fingerprint density at radius 3 is 2.38 bits per heavy atom. The van der Waals surface area contributed by atoms with E-state index >= 15 is 0 Å². The molecule has 0 aliphatic heterocycles. The standard InChI is InChI=1S/C21H24N2.ClH/c1-14-7-9-18(10-8-14)20-21-19(11-12-22-20)15(2)16(3)23(21)13-17-5-4-6-17;/h7-12,17H,4-6,13H2,1-3H3;1H. The van der Waals surface area contributed by atoms with Crippen LogP contribution in [0.4, 0.5) is 0 Å². The molecule has 1 aromatic carbocycles. The number of halogens is 1. The van der Waals surface area contributed by atoms with Gasteiger partial charge in [0.05, 0.1) is 11.2 Å². The zero-order valence-corrected chi connectivity index (χ0v) is 15.5. The van der Waals surface area contributed by atoms with Gasteiger partial charge in [0, 0.05) is 29.4 Å². The lowest BCUT2D eigenvalue weighted by Crippen LogP contribution is -2.18. The fourth-order valence-electron chi connectivity index (χ4n) is 3.68. The van der Waals surface area contributed by atoms with Crippen LogP contribution in [0.25, 0.3) is 22.2 Å². The van der Waals surface area contributed by atoms with E-state index in [0.29, 0.717) is 0 Å². The van der Waals surface area contributed by atoms with E-state index in [-0.39, 0.29) is 12.4 Å². The molecule has 3 aromatic rings. The van der Waals surface area contributed by atoms with Gasteiger partial charge in [-0.3, -0.25) is 4.98 Å². The highest BCUT2D eigenvalue weighted by Gasteiger charge is 2.22. The average Bonchev–Trinajstić information content (AvgIpc) is 2.76. The zero-order chi connectivity index (χ0) is 16.0. The molecule has 2 nitrogen and oxygen atoms in total. The normalized spacial score (nSPS) is 14.5. The van der Waals surface area contributed by atoms with E-state index in [9.17, 15) is 0 Å². The molecule has 1 saturated carbocycles. The Balaban J connectivity index is 0.00000169. The predicted octanol–water partition coefficient (Wildman–Crippen LogP) is 5.85. The molecule has 2 heterocycles. The van der Waals surface area contributed by atoms with E-state index in [1.165, 1.54) is 52.5 Å². The van der Waals surface area contributed by atoms with Crippen LogP contribution in [0.2, 0.25) is 0 Å². The minimum Gasteiger partial charge on any atom is -0.343 e. The van der Waals surface area contributed by atoms with Crippen molar-refractivity contribution in [3.63, 3.8) is 0 Å². The molecular weight excluding hydrogens is 316 g/mol. The third-order valence-corrected chi connectivity index (χ3v) is 5.54. The molecule has 4 rings (SSSR count). The molecule has 0 atom stereocenters. The first-order valence-corrected chi connectivity index (χ1v) is 8.66. The summed E-state index contributed by atoms with van der Waals surface area (Å²) in [5.74, 6) is 0.842. The lowest BCUT2D eigenvalue weighted by atomic mass is 9.85. The van der Waals surface area contributed by atoms with Crippen molar-refractivity contribution in [3.8, 4) is 11.3 Å². The van der Waals surface area contributed by atoms with E-state index in [2.05, 4.69) is 55.7 Å². The maximum absolute atomic E-state index is 4.75. The summed E-state index contributed by atoms with van der Waals surface area (Å²) in [6.07, 6.45) is 6.10. The molecule has 24 heavy (non-hydrogen) atoms. The summed E-state index contributed by atoms with van der Waals surface area (Å²) in [6, 6.07) is 10.9. The Labute approximate surface area is 150 Å². The number of fused-ring (bicyclic) bond motifs is 1. The molecule has 0 unspecified atom stereocenters. The van der Waals surface area contributed by atoms with Gasteiger partial charge >= 0.3 is 0 Å². The first-order chi connectivity index (χ1) is 11.1. The minimum atomic E-state index is 0. The van der Waals surface area contributed by atoms with Crippen molar-refractivity contribution in [2.24, 2.45) is 5.92 Å². The molecule has 1 fully saturated rings. The fraction of sp³-hybridized carbons (Fsp3) is 0.381. The largest absolute Gasteiger partial charge is 0.343 e. The number of aromatic nitrogens is 2. The topological polar surface area (TPSA) is 17.8 Å². The van der Waals surface area contributed by atoms with Crippen LogP contribution in [0.5, 0.6) is 0 Å². The van der Waals surface area contributed by atoms with Crippen LogP contribution in [-0.4, -0.2) is 9.55 Å². The monoisotopic (exact) mass is 340 g/mol. The second-order valence-electron chi connectivity index (χ2n) is 7.04.